The lowest BCUT2D eigenvalue weighted by Gasteiger charge is -2.34. The van der Waals surface area contributed by atoms with Crippen molar-refractivity contribution in [3.05, 3.63) is 87.1 Å². The maximum absolute atomic E-state index is 13.1. The van der Waals surface area contributed by atoms with Gasteiger partial charge in [0.2, 0.25) is 0 Å². The van der Waals surface area contributed by atoms with Gasteiger partial charge in [-0.15, -0.1) is 11.3 Å². The molecule has 0 aliphatic carbocycles. The summed E-state index contributed by atoms with van der Waals surface area (Å²) < 4.78 is 0. The summed E-state index contributed by atoms with van der Waals surface area (Å²) in [6.45, 7) is 3.96. The van der Waals surface area contributed by atoms with E-state index < -0.39 is 11.5 Å². The van der Waals surface area contributed by atoms with Crippen LogP contribution >= 0.6 is 22.9 Å². The van der Waals surface area contributed by atoms with Gasteiger partial charge in [-0.3, -0.25) is 9.59 Å². The molecule has 0 atom stereocenters. The number of likely N-dealkylation sites (N-methyl/N-ethyl adjacent to an activating group) is 1. The molecule has 5 rings (SSSR count). The van der Waals surface area contributed by atoms with Crippen LogP contribution in [0.4, 0.5) is 22.2 Å². The Morgan fingerprint density at radius 1 is 1.06 bits per heavy atom. The Morgan fingerprint density at radius 2 is 1.81 bits per heavy atom. The predicted molar refractivity (Wildman–Crippen MR) is 147 cm³/mol. The highest BCUT2D eigenvalue weighted by atomic mass is 35.5. The molecular formula is C26H25ClN6O2S. The first-order valence-corrected chi connectivity index (χ1v) is 12.8. The number of aromatic amines is 1. The SMILES string of the molecule is CN1CCN(c2ccc(NC(=O)c3c(Nc4nc(-c5ccccc5Cl)cs4)cc[nH]c3=O)cc2)CC1. The molecule has 1 saturated heterocycles. The Labute approximate surface area is 217 Å². The van der Waals surface area contributed by atoms with E-state index in [4.69, 9.17) is 11.6 Å². The summed E-state index contributed by atoms with van der Waals surface area (Å²) in [5.74, 6) is -0.505. The zero-order valence-electron chi connectivity index (χ0n) is 19.6. The van der Waals surface area contributed by atoms with Crippen molar-refractivity contribution in [1.29, 1.82) is 0 Å². The lowest BCUT2D eigenvalue weighted by Crippen LogP contribution is -2.44. The van der Waals surface area contributed by atoms with E-state index in [0.29, 0.717) is 27.2 Å². The third kappa shape index (κ3) is 5.28. The zero-order valence-corrected chi connectivity index (χ0v) is 21.2. The molecule has 2 aromatic heterocycles. The molecule has 3 N–H and O–H groups in total. The van der Waals surface area contributed by atoms with Gasteiger partial charge in [-0.25, -0.2) is 4.98 Å². The second kappa shape index (κ2) is 10.5. The third-order valence-corrected chi connectivity index (χ3v) is 7.16. The number of nitrogens with one attached hydrogen (secondary N) is 3. The van der Waals surface area contributed by atoms with Gasteiger partial charge in [0.1, 0.15) is 5.56 Å². The second-order valence-electron chi connectivity index (χ2n) is 8.53. The zero-order chi connectivity index (χ0) is 25.1. The lowest BCUT2D eigenvalue weighted by molar-refractivity contribution is 0.102. The average Bonchev–Trinajstić information content (AvgIpc) is 3.33. The number of H-pyrrole nitrogens is 1. The third-order valence-electron chi connectivity index (χ3n) is 6.08. The molecule has 36 heavy (non-hydrogen) atoms. The molecule has 0 unspecified atom stereocenters. The number of carbonyl (C=O) groups is 1. The minimum absolute atomic E-state index is 0.0184. The molecule has 184 valence electrons. The average molecular weight is 521 g/mol. The normalized spacial score (nSPS) is 14.0. The molecule has 0 saturated carbocycles. The molecule has 1 aliphatic heterocycles. The molecule has 0 bridgehead atoms. The number of halogens is 1. The number of pyridine rings is 1. The van der Waals surface area contributed by atoms with Crippen LogP contribution in [0.25, 0.3) is 11.3 Å². The summed E-state index contributed by atoms with van der Waals surface area (Å²) >= 11 is 7.65. The van der Waals surface area contributed by atoms with Crippen LogP contribution in [0.2, 0.25) is 5.02 Å². The minimum Gasteiger partial charge on any atom is -0.369 e. The van der Waals surface area contributed by atoms with Crippen LogP contribution in [0, 0.1) is 0 Å². The Bertz CT molecular complexity index is 1430. The number of anilines is 4. The first-order chi connectivity index (χ1) is 17.5. The molecule has 10 heteroatoms. The van der Waals surface area contributed by atoms with E-state index in [-0.39, 0.29) is 5.56 Å². The Hall–Kier alpha value is -3.66. The molecular weight excluding hydrogens is 496 g/mol. The molecule has 4 aromatic rings. The maximum atomic E-state index is 13.1. The van der Waals surface area contributed by atoms with Crippen LogP contribution in [0.3, 0.4) is 0 Å². The van der Waals surface area contributed by atoms with Gasteiger partial charge in [-0.05, 0) is 43.4 Å². The van der Waals surface area contributed by atoms with Crippen molar-refractivity contribution in [3.8, 4) is 11.3 Å². The molecule has 0 radical (unpaired) electrons. The summed E-state index contributed by atoms with van der Waals surface area (Å²) in [6.07, 6.45) is 1.49. The monoisotopic (exact) mass is 520 g/mol. The molecule has 1 aliphatic rings. The number of aromatic nitrogens is 2. The lowest BCUT2D eigenvalue weighted by atomic mass is 10.2. The van der Waals surface area contributed by atoms with Gasteiger partial charge in [-0.1, -0.05) is 29.8 Å². The Kier molecular flexibility index (Phi) is 7.04. The van der Waals surface area contributed by atoms with Crippen LogP contribution in [0.15, 0.2) is 71.0 Å². The van der Waals surface area contributed by atoms with Gasteiger partial charge in [0.05, 0.1) is 11.4 Å². The van der Waals surface area contributed by atoms with Gasteiger partial charge >= 0.3 is 0 Å². The van der Waals surface area contributed by atoms with E-state index in [1.165, 1.54) is 17.5 Å². The highest BCUT2D eigenvalue weighted by Crippen LogP contribution is 2.32. The van der Waals surface area contributed by atoms with Crippen molar-refractivity contribution in [2.24, 2.45) is 0 Å². The number of piperazine rings is 1. The van der Waals surface area contributed by atoms with E-state index >= 15 is 0 Å². The van der Waals surface area contributed by atoms with Crippen LogP contribution < -0.4 is 21.1 Å². The van der Waals surface area contributed by atoms with Gasteiger partial charge in [0.15, 0.2) is 5.13 Å². The number of nitrogens with zero attached hydrogens (tertiary/aromatic N) is 3. The van der Waals surface area contributed by atoms with Gasteiger partial charge < -0.3 is 25.4 Å². The van der Waals surface area contributed by atoms with E-state index in [2.05, 4.69) is 37.4 Å². The summed E-state index contributed by atoms with van der Waals surface area (Å²) in [6, 6.07) is 16.8. The molecule has 1 fully saturated rings. The summed E-state index contributed by atoms with van der Waals surface area (Å²) in [5.41, 5.74) is 3.10. The fraction of sp³-hybridized carbons (Fsp3) is 0.192. The summed E-state index contributed by atoms with van der Waals surface area (Å²) in [5, 5.41) is 8.98. The van der Waals surface area contributed by atoms with E-state index in [1.54, 1.807) is 12.1 Å². The van der Waals surface area contributed by atoms with E-state index in [1.807, 2.05) is 47.8 Å². The fourth-order valence-corrected chi connectivity index (χ4v) is 5.02. The molecule has 2 aromatic carbocycles. The fourth-order valence-electron chi connectivity index (χ4n) is 4.06. The number of hydrogen-bond donors (Lipinski definition) is 3. The van der Waals surface area contributed by atoms with Crippen molar-refractivity contribution >= 4 is 51.0 Å². The quantitative estimate of drug-likeness (QED) is 0.335. The Morgan fingerprint density at radius 3 is 2.56 bits per heavy atom. The minimum atomic E-state index is -0.505. The summed E-state index contributed by atoms with van der Waals surface area (Å²) in [4.78, 5) is 37.5. The van der Waals surface area contributed by atoms with Gasteiger partial charge in [0.25, 0.3) is 11.5 Å². The first kappa shape index (κ1) is 24.1. The number of hydrogen-bond acceptors (Lipinski definition) is 7. The molecule has 3 heterocycles. The number of rotatable bonds is 6. The van der Waals surface area contributed by atoms with Crippen molar-refractivity contribution in [2.75, 3.05) is 48.8 Å². The maximum Gasteiger partial charge on any atom is 0.263 e. The van der Waals surface area contributed by atoms with Crippen molar-refractivity contribution in [3.63, 3.8) is 0 Å². The number of carbonyl (C=O) groups excluding carboxylic acids is 1. The highest BCUT2D eigenvalue weighted by Gasteiger charge is 2.19. The van der Waals surface area contributed by atoms with Crippen molar-refractivity contribution in [2.45, 2.75) is 0 Å². The van der Waals surface area contributed by atoms with Crippen LogP contribution in [0.1, 0.15) is 10.4 Å². The van der Waals surface area contributed by atoms with Crippen molar-refractivity contribution < 1.29 is 4.79 Å². The topological polar surface area (TPSA) is 93.4 Å². The second-order valence-corrected chi connectivity index (χ2v) is 9.79. The van der Waals surface area contributed by atoms with Crippen LogP contribution in [-0.2, 0) is 0 Å². The number of thiazole rings is 1. The smallest absolute Gasteiger partial charge is 0.263 e. The number of amides is 1. The van der Waals surface area contributed by atoms with E-state index in [0.717, 1.165) is 37.4 Å². The number of benzene rings is 2. The van der Waals surface area contributed by atoms with E-state index in [9.17, 15) is 9.59 Å². The largest absolute Gasteiger partial charge is 0.369 e. The molecule has 8 nitrogen and oxygen atoms in total. The van der Waals surface area contributed by atoms with Gasteiger partial charge in [0, 0.05) is 59.7 Å². The van der Waals surface area contributed by atoms with Crippen LogP contribution in [-0.4, -0.2) is 54.0 Å². The molecule has 1 amide bonds. The first-order valence-electron chi connectivity index (χ1n) is 11.5. The standard InChI is InChI=1S/C26H25ClN6O2S/c1-32-12-14-33(15-13-32)18-8-6-17(7-9-18)29-25(35)23-21(10-11-28-24(23)34)30-26-31-22(16-36-26)19-4-2-3-5-20(19)27/h2-11,16H,12-15H2,1H3,(H,29,35)(H2,28,30,31,34). The summed E-state index contributed by atoms with van der Waals surface area (Å²) in [7, 11) is 2.12. The molecule has 0 spiro atoms. The Balaban J connectivity index is 1.32. The predicted octanol–water partition coefficient (Wildman–Crippen LogP) is 4.90. The van der Waals surface area contributed by atoms with Gasteiger partial charge in [-0.2, -0.15) is 0 Å². The van der Waals surface area contributed by atoms with Crippen molar-refractivity contribution in [1.82, 2.24) is 14.9 Å². The highest BCUT2D eigenvalue weighted by molar-refractivity contribution is 7.14. The van der Waals surface area contributed by atoms with Crippen LogP contribution in [0.5, 0.6) is 0 Å².